The van der Waals surface area contributed by atoms with Crippen LogP contribution in [0.3, 0.4) is 0 Å². The van der Waals surface area contributed by atoms with Crippen LogP contribution < -0.4 is 25.0 Å². The Kier molecular flexibility index (Phi) is 6.19. The lowest BCUT2D eigenvalue weighted by Crippen LogP contribution is -2.43. The monoisotopic (exact) mass is 467 g/mol. The van der Waals surface area contributed by atoms with E-state index in [9.17, 15) is 14.4 Å². The summed E-state index contributed by atoms with van der Waals surface area (Å²) in [5.41, 5.74) is 0.324. The summed E-state index contributed by atoms with van der Waals surface area (Å²) < 4.78 is 27.3. The Balaban J connectivity index is 1.51. The molecule has 1 aromatic heterocycles. The van der Waals surface area contributed by atoms with Gasteiger partial charge in [-0.1, -0.05) is 6.07 Å². The molecule has 0 aliphatic carbocycles. The number of rotatable bonds is 4. The molecule has 1 aliphatic rings. The molecule has 0 radical (unpaired) electrons. The highest BCUT2D eigenvalue weighted by Gasteiger charge is 2.23. The SMILES string of the molecule is C[C@H](NC(=O)OC(C)(C)C)C(=O)Oc1ccc2c(=O)c(-c3ccc4c(c3)OCCO4)coc2c1. The van der Waals surface area contributed by atoms with Crippen LogP contribution in [-0.2, 0) is 9.53 Å². The highest BCUT2D eigenvalue weighted by Crippen LogP contribution is 2.34. The van der Waals surface area contributed by atoms with E-state index in [2.05, 4.69) is 5.32 Å². The topological polar surface area (TPSA) is 113 Å². The van der Waals surface area contributed by atoms with Crippen LogP contribution in [0.1, 0.15) is 27.7 Å². The predicted octanol–water partition coefficient (Wildman–Crippen LogP) is 4.05. The third kappa shape index (κ3) is 5.14. The summed E-state index contributed by atoms with van der Waals surface area (Å²) in [7, 11) is 0. The van der Waals surface area contributed by atoms with Gasteiger partial charge in [0.15, 0.2) is 16.9 Å². The van der Waals surface area contributed by atoms with Crippen LogP contribution in [0.5, 0.6) is 17.2 Å². The van der Waals surface area contributed by atoms with E-state index >= 15 is 0 Å². The van der Waals surface area contributed by atoms with Crippen molar-refractivity contribution >= 4 is 23.0 Å². The Bertz CT molecular complexity index is 1300. The summed E-state index contributed by atoms with van der Waals surface area (Å²) in [6, 6.07) is 8.77. The molecule has 1 aliphatic heterocycles. The molecule has 34 heavy (non-hydrogen) atoms. The summed E-state index contributed by atoms with van der Waals surface area (Å²) in [5.74, 6) is 0.674. The standard InChI is InChI=1S/C25H25NO8/c1-14(26-24(29)34-25(2,3)4)23(28)33-16-6-7-17-20(12-16)32-13-18(22(17)27)15-5-8-19-21(11-15)31-10-9-30-19/h5-8,11-14H,9-10H2,1-4H3,(H,26,29)/t14-/m0/s1. The fourth-order valence-electron chi connectivity index (χ4n) is 3.33. The molecule has 3 aromatic rings. The molecule has 9 nitrogen and oxygen atoms in total. The third-order valence-corrected chi connectivity index (χ3v) is 4.90. The second kappa shape index (κ2) is 9.09. The molecule has 1 amide bonds. The number of fused-ring (bicyclic) bond motifs is 2. The molecule has 4 rings (SSSR count). The number of ether oxygens (including phenoxy) is 4. The highest BCUT2D eigenvalue weighted by atomic mass is 16.6. The van der Waals surface area contributed by atoms with Gasteiger partial charge in [-0.2, -0.15) is 0 Å². The first-order valence-corrected chi connectivity index (χ1v) is 10.8. The van der Waals surface area contributed by atoms with Gasteiger partial charge in [-0.3, -0.25) is 4.79 Å². The van der Waals surface area contributed by atoms with Gasteiger partial charge in [0.1, 0.15) is 42.5 Å². The average molecular weight is 467 g/mol. The van der Waals surface area contributed by atoms with Crippen LogP contribution in [0.15, 0.2) is 51.9 Å². The molecule has 1 N–H and O–H groups in total. The van der Waals surface area contributed by atoms with Crippen LogP contribution in [0.4, 0.5) is 4.79 Å². The zero-order chi connectivity index (χ0) is 24.5. The van der Waals surface area contributed by atoms with Crippen molar-refractivity contribution in [3.05, 3.63) is 52.9 Å². The van der Waals surface area contributed by atoms with Crippen molar-refractivity contribution in [3.8, 4) is 28.4 Å². The smallest absolute Gasteiger partial charge is 0.408 e. The molecule has 0 saturated heterocycles. The number of esters is 1. The first kappa shape index (κ1) is 23.2. The summed E-state index contributed by atoms with van der Waals surface area (Å²) in [4.78, 5) is 37.3. The van der Waals surface area contributed by atoms with Crippen molar-refractivity contribution in [1.82, 2.24) is 5.32 Å². The maximum absolute atomic E-state index is 13.1. The lowest BCUT2D eigenvalue weighted by molar-refractivity contribution is -0.136. The molecule has 9 heteroatoms. The van der Waals surface area contributed by atoms with Crippen LogP contribution in [-0.4, -0.2) is 36.9 Å². The molecular weight excluding hydrogens is 442 g/mol. The largest absolute Gasteiger partial charge is 0.486 e. The van der Waals surface area contributed by atoms with Crippen molar-refractivity contribution in [1.29, 1.82) is 0 Å². The Morgan fingerprint density at radius 2 is 1.76 bits per heavy atom. The zero-order valence-electron chi connectivity index (χ0n) is 19.3. The fraction of sp³-hybridized carbons (Fsp3) is 0.320. The zero-order valence-corrected chi connectivity index (χ0v) is 19.3. The van der Waals surface area contributed by atoms with Gasteiger partial charge < -0.3 is 28.7 Å². The maximum Gasteiger partial charge on any atom is 0.408 e. The van der Waals surface area contributed by atoms with Crippen molar-refractivity contribution < 1.29 is 33.0 Å². The number of amides is 1. The Hall–Kier alpha value is -4.01. The number of hydrogen-bond acceptors (Lipinski definition) is 8. The molecule has 0 fully saturated rings. The Morgan fingerprint density at radius 1 is 1.03 bits per heavy atom. The minimum atomic E-state index is -0.949. The average Bonchev–Trinajstić information content (AvgIpc) is 2.77. The van der Waals surface area contributed by atoms with Crippen molar-refractivity contribution in [2.45, 2.75) is 39.3 Å². The van der Waals surface area contributed by atoms with Crippen LogP contribution in [0, 0.1) is 0 Å². The molecule has 1 atom stereocenters. The Labute approximate surface area is 195 Å². The van der Waals surface area contributed by atoms with Gasteiger partial charge in [0.25, 0.3) is 0 Å². The maximum atomic E-state index is 13.1. The van der Waals surface area contributed by atoms with Gasteiger partial charge in [-0.15, -0.1) is 0 Å². The normalized spacial score (nSPS) is 13.8. The number of benzene rings is 2. The second-order valence-electron chi connectivity index (χ2n) is 8.78. The van der Waals surface area contributed by atoms with Crippen LogP contribution in [0.2, 0.25) is 0 Å². The lowest BCUT2D eigenvalue weighted by atomic mass is 10.0. The minimum absolute atomic E-state index is 0.172. The highest BCUT2D eigenvalue weighted by molar-refractivity contribution is 5.86. The number of carbonyl (C=O) groups is 2. The number of hydrogen-bond donors (Lipinski definition) is 1. The van der Waals surface area contributed by atoms with Crippen molar-refractivity contribution in [3.63, 3.8) is 0 Å². The van der Waals surface area contributed by atoms with Crippen molar-refractivity contribution in [2.24, 2.45) is 0 Å². The van der Waals surface area contributed by atoms with Gasteiger partial charge in [0.05, 0.1) is 10.9 Å². The number of nitrogens with one attached hydrogen (secondary N) is 1. The summed E-state index contributed by atoms with van der Waals surface area (Å²) in [6.45, 7) is 7.56. The molecule has 0 spiro atoms. The van der Waals surface area contributed by atoms with Crippen molar-refractivity contribution in [2.75, 3.05) is 13.2 Å². The fourth-order valence-corrected chi connectivity index (χ4v) is 3.33. The van der Waals surface area contributed by atoms with Crippen LogP contribution >= 0.6 is 0 Å². The van der Waals surface area contributed by atoms with E-state index in [1.54, 1.807) is 39.0 Å². The Morgan fingerprint density at radius 3 is 2.50 bits per heavy atom. The van der Waals surface area contributed by atoms with E-state index in [1.165, 1.54) is 31.4 Å². The third-order valence-electron chi connectivity index (χ3n) is 4.90. The van der Waals surface area contributed by atoms with E-state index in [0.717, 1.165) is 0 Å². The molecule has 0 unspecified atom stereocenters. The molecule has 178 valence electrons. The van der Waals surface area contributed by atoms with Crippen LogP contribution in [0.25, 0.3) is 22.1 Å². The quantitative estimate of drug-likeness (QED) is 0.452. The minimum Gasteiger partial charge on any atom is -0.486 e. The summed E-state index contributed by atoms with van der Waals surface area (Å²) in [5, 5.41) is 2.75. The van der Waals surface area contributed by atoms with Gasteiger partial charge in [0, 0.05) is 6.07 Å². The molecule has 0 saturated carbocycles. The first-order valence-electron chi connectivity index (χ1n) is 10.8. The first-order chi connectivity index (χ1) is 16.1. The second-order valence-corrected chi connectivity index (χ2v) is 8.78. The van der Waals surface area contributed by atoms with Gasteiger partial charge in [-0.25, -0.2) is 9.59 Å². The molecule has 2 heterocycles. The van der Waals surface area contributed by atoms with E-state index in [0.29, 0.717) is 41.2 Å². The summed E-state index contributed by atoms with van der Waals surface area (Å²) >= 11 is 0. The molecule has 0 bridgehead atoms. The van der Waals surface area contributed by atoms with Gasteiger partial charge in [-0.05, 0) is 57.5 Å². The van der Waals surface area contributed by atoms with E-state index in [4.69, 9.17) is 23.4 Å². The lowest BCUT2D eigenvalue weighted by Gasteiger charge is -2.21. The molecule has 2 aromatic carbocycles. The van der Waals surface area contributed by atoms with E-state index in [-0.39, 0.29) is 16.8 Å². The predicted molar refractivity (Wildman–Crippen MR) is 123 cm³/mol. The molecular formula is C25H25NO8. The number of alkyl carbamates (subject to hydrolysis) is 1. The van der Waals surface area contributed by atoms with Gasteiger partial charge in [0.2, 0.25) is 0 Å². The van der Waals surface area contributed by atoms with Gasteiger partial charge >= 0.3 is 12.1 Å². The number of carbonyl (C=O) groups excluding carboxylic acids is 2. The van der Waals surface area contributed by atoms with E-state index < -0.39 is 23.7 Å². The van der Waals surface area contributed by atoms with E-state index in [1.807, 2.05) is 0 Å². The summed E-state index contributed by atoms with van der Waals surface area (Å²) in [6.07, 6.45) is 0.627.